The van der Waals surface area contributed by atoms with Crippen molar-refractivity contribution in [1.29, 1.82) is 0 Å². The number of sulfonamides is 1. The number of benzene rings is 3. The number of carbonyl (C=O) groups excluding carboxylic acids is 1. The zero-order valence-electron chi connectivity index (χ0n) is 14.7. The third-order valence-electron chi connectivity index (χ3n) is 4.23. The van der Waals surface area contributed by atoms with Gasteiger partial charge in [0.25, 0.3) is 10.0 Å². The summed E-state index contributed by atoms with van der Waals surface area (Å²) in [5, 5.41) is 0. The second-order valence-electron chi connectivity index (χ2n) is 6.22. The van der Waals surface area contributed by atoms with Gasteiger partial charge < -0.3 is 0 Å². The van der Waals surface area contributed by atoms with E-state index in [0.29, 0.717) is 5.56 Å². The third-order valence-corrected chi connectivity index (χ3v) is 6.12. The topological polar surface area (TPSA) is 63.2 Å². The van der Waals surface area contributed by atoms with E-state index in [1.54, 1.807) is 48.5 Å². The molecular formula is C21H17BrFNO3S. The van der Waals surface area contributed by atoms with E-state index in [9.17, 15) is 17.6 Å². The molecule has 0 aliphatic rings. The van der Waals surface area contributed by atoms with E-state index in [2.05, 4.69) is 20.7 Å². The highest BCUT2D eigenvalue weighted by Crippen LogP contribution is 2.23. The molecule has 1 atom stereocenters. The van der Waals surface area contributed by atoms with Crippen molar-refractivity contribution in [3.05, 3.63) is 100 Å². The van der Waals surface area contributed by atoms with E-state index in [1.807, 2.05) is 6.07 Å². The second kappa shape index (κ2) is 8.67. The third kappa shape index (κ3) is 5.05. The number of hydrogen-bond donors (Lipinski definition) is 1. The first-order chi connectivity index (χ1) is 13.3. The first-order valence-corrected chi connectivity index (χ1v) is 10.7. The Bertz CT molecular complexity index is 1050. The van der Waals surface area contributed by atoms with Crippen molar-refractivity contribution in [2.45, 2.75) is 17.2 Å². The SMILES string of the molecule is O=C(NS(=O)(=O)c1ccc(Br)cc1)[C@@H](Cc1ccc(F)cc1)c1ccccc1. The lowest BCUT2D eigenvalue weighted by Gasteiger charge is -2.18. The Hall–Kier alpha value is -2.51. The predicted molar refractivity (Wildman–Crippen MR) is 109 cm³/mol. The number of hydrogen-bond acceptors (Lipinski definition) is 3. The summed E-state index contributed by atoms with van der Waals surface area (Å²) in [4.78, 5) is 12.9. The van der Waals surface area contributed by atoms with Crippen molar-refractivity contribution in [1.82, 2.24) is 4.72 Å². The molecule has 0 saturated heterocycles. The maximum atomic E-state index is 13.2. The number of nitrogens with one attached hydrogen (secondary N) is 1. The first kappa shape index (κ1) is 20.2. The lowest BCUT2D eigenvalue weighted by molar-refractivity contribution is -0.120. The number of carbonyl (C=O) groups is 1. The molecule has 0 aliphatic heterocycles. The van der Waals surface area contributed by atoms with Crippen molar-refractivity contribution in [2.24, 2.45) is 0 Å². The molecule has 3 rings (SSSR count). The van der Waals surface area contributed by atoms with Gasteiger partial charge in [-0.05, 0) is 53.9 Å². The maximum Gasteiger partial charge on any atom is 0.264 e. The fourth-order valence-electron chi connectivity index (χ4n) is 2.78. The Balaban J connectivity index is 1.88. The minimum atomic E-state index is -4.01. The quantitative estimate of drug-likeness (QED) is 0.590. The highest BCUT2D eigenvalue weighted by molar-refractivity contribution is 9.10. The molecule has 0 bridgehead atoms. The second-order valence-corrected chi connectivity index (χ2v) is 8.82. The fourth-order valence-corrected chi connectivity index (χ4v) is 4.06. The summed E-state index contributed by atoms with van der Waals surface area (Å²) >= 11 is 3.25. The molecular weight excluding hydrogens is 445 g/mol. The van der Waals surface area contributed by atoms with Crippen LogP contribution in [0.5, 0.6) is 0 Å². The molecule has 4 nitrogen and oxygen atoms in total. The molecule has 3 aromatic carbocycles. The van der Waals surface area contributed by atoms with Crippen LogP contribution in [-0.2, 0) is 21.2 Å². The van der Waals surface area contributed by atoms with Gasteiger partial charge in [0, 0.05) is 4.47 Å². The van der Waals surface area contributed by atoms with E-state index in [-0.39, 0.29) is 17.1 Å². The number of rotatable bonds is 6. The highest BCUT2D eigenvalue weighted by Gasteiger charge is 2.26. The Morgan fingerprint density at radius 1 is 0.929 bits per heavy atom. The highest BCUT2D eigenvalue weighted by atomic mass is 79.9. The van der Waals surface area contributed by atoms with Crippen molar-refractivity contribution in [3.8, 4) is 0 Å². The monoisotopic (exact) mass is 461 g/mol. The minimum absolute atomic E-state index is 0.00218. The summed E-state index contributed by atoms with van der Waals surface area (Å²) in [5.74, 6) is -1.75. The zero-order chi connectivity index (χ0) is 20.1. The van der Waals surface area contributed by atoms with Gasteiger partial charge in [0.05, 0.1) is 10.8 Å². The number of amides is 1. The van der Waals surface area contributed by atoms with Crippen LogP contribution in [-0.4, -0.2) is 14.3 Å². The van der Waals surface area contributed by atoms with E-state index in [4.69, 9.17) is 0 Å². The Kier molecular flexibility index (Phi) is 6.26. The van der Waals surface area contributed by atoms with Crippen LogP contribution in [0.4, 0.5) is 4.39 Å². The van der Waals surface area contributed by atoms with Crippen LogP contribution >= 0.6 is 15.9 Å². The molecule has 0 fully saturated rings. The molecule has 0 unspecified atom stereocenters. The smallest absolute Gasteiger partial charge is 0.264 e. The van der Waals surface area contributed by atoms with Crippen molar-refractivity contribution >= 4 is 31.9 Å². The van der Waals surface area contributed by atoms with Gasteiger partial charge in [0.1, 0.15) is 5.82 Å². The molecule has 7 heteroatoms. The van der Waals surface area contributed by atoms with Crippen LogP contribution in [0.15, 0.2) is 88.2 Å². The van der Waals surface area contributed by atoms with E-state index in [1.165, 1.54) is 24.3 Å². The lowest BCUT2D eigenvalue weighted by Crippen LogP contribution is -2.35. The number of halogens is 2. The van der Waals surface area contributed by atoms with Crippen LogP contribution in [0.1, 0.15) is 17.0 Å². The fraction of sp³-hybridized carbons (Fsp3) is 0.0952. The van der Waals surface area contributed by atoms with E-state index < -0.39 is 21.8 Å². The molecule has 0 saturated carbocycles. The molecule has 0 spiro atoms. The molecule has 144 valence electrons. The summed E-state index contributed by atoms with van der Waals surface area (Å²) in [6, 6.07) is 20.7. The standard InChI is InChI=1S/C21H17BrFNO3S/c22-17-8-12-19(13-9-17)28(26,27)24-21(25)20(16-4-2-1-3-5-16)14-15-6-10-18(23)11-7-15/h1-13,20H,14H2,(H,24,25)/t20-/m0/s1. The van der Waals surface area contributed by atoms with Crippen LogP contribution in [0.2, 0.25) is 0 Å². The Labute approximate surface area is 171 Å². The average molecular weight is 462 g/mol. The van der Waals surface area contributed by atoms with Crippen LogP contribution in [0, 0.1) is 5.82 Å². The molecule has 1 N–H and O–H groups in total. The molecule has 0 radical (unpaired) electrons. The summed E-state index contributed by atoms with van der Waals surface area (Å²) in [6.07, 6.45) is 0.242. The van der Waals surface area contributed by atoms with Gasteiger partial charge in [-0.3, -0.25) is 4.79 Å². The average Bonchev–Trinajstić information content (AvgIpc) is 2.68. The van der Waals surface area contributed by atoms with E-state index in [0.717, 1.165) is 10.0 Å². The summed E-state index contributed by atoms with van der Waals surface area (Å²) < 4.78 is 41.3. The first-order valence-electron chi connectivity index (χ1n) is 8.47. The molecule has 1 amide bonds. The molecule has 28 heavy (non-hydrogen) atoms. The normalized spacial score (nSPS) is 12.4. The lowest BCUT2D eigenvalue weighted by atomic mass is 9.91. The van der Waals surface area contributed by atoms with Crippen LogP contribution < -0.4 is 4.72 Å². The van der Waals surface area contributed by atoms with Crippen molar-refractivity contribution in [3.63, 3.8) is 0 Å². The summed E-state index contributed by atoms with van der Waals surface area (Å²) in [6.45, 7) is 0. The van der Waals surface area contributed by atoms with Gasteiger partial charge in [-0.1, -0.05) is 58.4 Å². The Morgan fingerprint density at radius 2 is 1.54 bits per heavy atom. The van der Waals surface area contributed by atoms with Gasteiger partial charge in [0.2, 0.25) is 5.91 Å². The molecule has 0 heterocycles. The molecule has 0 aromatic heterocycles. The van der Waals surface area contributed by atoms with Gasteiger partial charge >= 0.3 is 0 Å². The van der Waals surface area contributed by atoms with Crippen molar-refractivity contribution in [2.75, 3.05) is 0 Å². The largest absolute Gasteiger partial charge is 0.273 e. The van der Waals surface area contributed by atoms with Crippen molar-refractivity contribution < 1.29 is 17.6 Å². The molecule has 0 aliphatic carbocycles. The maximum absolute atomic E-state index is 13.2. The van der Waals surface area contributed by atoms with E-state index >= 15 is 0 Å². The molecule has 3 aromatic rings. The van der Waals surface area contributed by atoms with Gasteiger partial charge in [0.15, 0.2) is 0 Å². The zero-order valence-corrected chi connectivity index (χ0v) is 17.1. The van der Waals surface area contributed by atoms with Gasteiger partial charge in [-0.15, -0.1) is 0 Å². The summed E-state index contributed by atoms with van der Waals surface area (Å²) in [5.41, 5.74) is 1.40. The summed E-state index contributed by atoms with van der Waals surface area (Å²) in [7, 11) is -4.01. The predicted octanol–water partition coefficient (Wildman–Crippen LogP) is 4.42. The van der Waals surface area contributed by atoms with Gasteiger partial charge in [-0.25, -0.2) is 17.5 Å². The Morgan fingerprint density at radius 3 is 2.14 bits per heavy atom. The minimum Gasteiger partial charge on any atom is -0.273 e. The van der Waals surface area contributed by atoms with Gasteiger partial charge in [-0.2, -0.15) is 0 Å². The van der Waals surface area contributed by atoms with Crippen LogP contribution in [0.3, 0.4) is 0 Å². The van der Waals surface area contributed by atoms with Crippen LogP contribution in [0.25, 0.3) is 0 Å².